The summed E-state index contributed by atoms with van der Waals surface area (Å²) in [6, 6.07) is 0. The zero-order valence-corrected chi connectivity index (χ0v) is 19.3. The van der Waals surface area contributed by atoms with E-state index >= 15 is 0 Å². The maximum absolute atomic E-state index is 5.73. The molecule has 0 heterocycles. The molecule has 0 saturated heterocycles. The zero-order valence-electron chi connectivity index (χ0n) is 16.9. The summed E-state index contributed by atoms with van der Waals surface area (Å²) in [4.78, 5) is 9.20. The van der Waals surface area contributed by atoms with Crippen LogP contribution >= 0.6 is 24.0 Å². The van der Waals surface area contributed by atoms with Gasteiger partial charge in [-0.2, -0.15) is 0 Å². The van der Waals surface area contributed by atoms with Gasteiger partial charge in [-0.05, 0) is 59.2 Å². The van der Waals surface area contributed by atoms with Crippen molar-refractivity contribution < 1.29 is 4.74 Å². The van der Waals surface area contributed by atoms with Crippen LogP contribution in [0.4, 0.5) is 0 Å². The van der Waals surface area contributed by atoms with Gasteiger partial charge in [-0.3, -0.25) is 4.99 Å². The van der Waals surface area contributed by atoms with Gasteiger partial charge in [0.15, 0.2) is 5.96 Å². The predicted molar refractivity (Wildman–Crippen MR) is 119 cm³/mol. The standard InChI is InChI=1S/C19H40N4O.HI/c1-5-20-19(23(4)15-16-24-17-18-11-12-18)21-13-9-7-6-8-10-14-22(2)3;/h18H,5-17H2,1-4H3,(H,20,21);1H. The van der Waals surface area contributed by atoms with E-state index in [2.05, 4.69) is 43.2 Å². The lowest BCUT2D eigenvalue weighted by Crippen LogP contribution is -2.40. The molecule has 0 unspecified atom stereocenters. The number of likely N-dealkylation sites (N-methyl/N-ethyl adjacent to an activating group) is 1. The molecule has 1 aliphatic rings. The number of halogens is 1. The fourth-order valence-corrected chi connectivity index (χ4v) is 2.57. The molecule has 150 valence electrons. The van der Waals surface area contributed by atoms with Crippen LogP contribution in [0.1, 0.15) is 51.9 Å². The molecule has 0 spiro atoms. The topological polar surface area (TPSA) is 40.1 Å². The van der Waals surface area contributed by atoms with Crippen LogP contribution in [0, 0.1) is 5.92 Å². The van der Waals surface area contributed by atoms with E-state index in [1.165, 1.54) is 51.5 Å². The molecule has 0 bridgehead atoms. The van der Waals surface area contributed by atoms with E-state index < -0.39 is 0 Å². The minimum Gasteiger partial charge on any atom is -0.379 e. The zero-order chi connectivity index (χ0) is 17.6. The molecule has 25 heavy (non-hydrogen) atoms. The van der Waals surface area contributed by atoms with Crippen molar-refractivity contribution in [1.29, 1.82) is 0 Å². The van der Waals surface area contributed by atoms with Gasteiger partial charge >= 0.3 is 0 Å². The maximum Gasteiger partial charge on any atom is 0.193 e. The summed E-state index contributed by atoms with van der Waals surface area (Å²) in [7, 11) is 6.39. The van der Waals surface area contributed by atoms with Crippen LogP contribution < -0.4 is 5.32 Å². The van der Waals surface area contributed by atoms with E-state index in [1.807, 2.05) is 0 Å². The molecule has 1 fully saturated rings. The Morgan fingerprint density at radius 2 is 1.72 bits per heavy atom. The van der Waals surface area contributed by atoms with Crippen molar-refractivity contribution >= 4 is 29.9 Å². The molecule has 1 rings (SSSR count). The van der Waals surface area contributed by atoms with Gasteiger partial charge in [-0.1, -0.05) is 19.3 Å². The fourth-order valence-electron chi connectivity index (χ4n) is 2.57. The Morgan fingerprint density at radius 1 is 1.04 bits per heavy atom. The van der Waals surface area contributed by atoms with Crippen LogP contribution in [-0.4, -0.2) is 76.3 Å². The second kappa shape index (κ2) is 16.1. The monoisotopic (exact) mass is 468 g/mol. The molecular formula is C19H41IN4O. The molecule has 0 aromatic heterocycles. The molecule has 0 aliphatic heterocycles. The third-order valence-electron chi connectivity index (χ3n) is 4.34. The van der Waals surface area contributed by atoms with Crippen molar-refractivity contribution in [3.8, 4) is 0 Å². The number of hydrogen-bond donors (Lipinski definition) is 1. The smallest absolute Gasteiger partial charge is 0.193 e. The van der Waals surface area contributed by atoms with Crippen molar-refractivity contribution in [1.82, 2.24) is 15.1 Å². The predicted octanol–water partition coefficient (Wildman–Crippen LogP) is 3.44. The Bertz CT molecular complexity index is 335. The van der Waals surface area contributed by atoms with Crippen LogP contribution in [0.15, 0.2) is 4.99 Å². The first kappa shape index (κ1) is 24.9. The Kier molecular flexibility index (Phi) is 16.1. The van der Waals surface area contributed by atoms with Gasteiger partial charge in [0.2, 0.25) is 0 Å². The lowest BCUT2D eigenvalue weighted by atomic mass is 10.1. The average molecular weight is 468 g/mol. The minimum absolute atomic E-state index is 0. The normalized spacial score (nSPS) is 14.5. The number of ether oxygens (including phenoxy) is 1. The lowest BCUT2D eigenvalue weighted by molar-refractivity contribution is 0.115. The van der Waals surface area contributed by atoms with Crippen molar-refractivity contribution in [2.75, 3.05) is 60.5 Å². The largest absolute Gasteiger partial charge is 0.379 e. The highest BCUT2D eigenvalue weighted by atomic mass is 127. The summed E-state index contributed by atoms with van der Waals surface area (Å²) in [5.74, 6) is 1.86. The third kappa shape index (κ3) is 14.7. The molecule has 0 radical (unpaired) electrons. The number of guanidine groups is 1. The fraction of sp³-hybridized carbons (Fsp3) is 0.947. The maximum atomic E-state index is 5.73. The second-order valence-corrected chi connectivity index (χ2v) is 7.25. The first-order valence-corrected chi connectivity index (χ1v) is 9.85. The number of unbranched alkanes of at least 4 members (excludes halogenated alkanes) is 4. The van der Waals surface area contributed by atoms with E-state index in [0.29, 0.717) is 0 Å². The van der Waals surface area contributed by atoms with E-state index in [0.717, 1.165) is 44.7 Å². The van der Waals surface area contributed by atoms with Crippen molar-refractivity contribution in [2.24, 2.45) is 10.9 Å². The number of nitrogens with one attached hydrogen (secondary N) is 1. The van der Waals surface area contributed by atoms with Crippen LogP contribution in [0.3, 0.4) is 0 Å². The number of hydrogen-bond acceptors (Lipinski definition) is 3. The van der Waals surface area contributed by atoms with Gasteiger partial charge in [-0.25, -0.2) is 0 Å². The Balaban J connectivity index is 0.00000576. The number of aliphatic imine (C=N–C) groups is 1. The molecule has 6 heteroatoms. The quantitative estimate of drug-likeness (QED) is 0.184. The third-order valence-corrected chi connectivity index (χ3v) is 4.34. The Labute approximate surface area is 173 Å². The summed E-state index contributed by atoms with van der Waals surface area (Å²) in [5, 5.41) is 3.38. The van der Waals surface area contributed by atoms with Crippen molar-refractivity contribution in [3.05, 3.63) is 0 Å². The molecule has 0 aromatic rings. The first-order valence-electron chi connectivity index (χ1n) is 9.85. The van der Waals surface area contributed by atoms with Gasteiger partial charge in [0.1, 0.15) is 0 Å². The summed E-state index contributed by atoms with van der Waals surface area (Å²) < 4.78 is 5.73. The van der Waals surface area contributed by atoms with Gasteiger partial charge < -0.3 is 19.9 Å². The van der Waals surface area contributed by atoms with Crippen LogP contribution in [0.2, 0.25) is 0 Å². The minimum atomic E-state index is 0. The average Bonchev–Trinajstić information content (AvgIpc) is 3.36. The molecule has 0 amide bonds. The summed E-state index contributed by atoms with van der Waals surface area (Å²) in [5.41, 5.74) is 0. The highest BCUT2D eigenvalue weighted by Gasteiger charge is 2.21. The highest BCUT2D eigenvalue weighted by Crippen LogP contribution is 2.28. The lowest BCUT2D eigenvalue weighted by Gasteiger charge is -2.22. The van der Waals surface area contributed by atoms with Gasteiger partial charge in [0, 0.05) is 33.3 Å². The Morgan fingerprint density at radius 3 is 2.36 bits per heavy atom. The molecule has 5 nitrogen and oxygen atoms in total. The first-order chi connectivity index (χ1) is 11.6. The Hall–Kier alpha value is -0.0800. The summed E-state index contributed by atoms with van der Waals surface area (Å²) >= 11 is 0. The molecular weight excluding hydrogens is 427 g/mol. The van der Waals surface area contributed by atoms with Gasteiger partial charge in [-0.15, -0.1) is 24.0 Å². The summed E-state index contributed by atoms with van der Waals surface area (Å²) in [6.45, 7) is 7.80. The number of nitrogens with zero attached hydrogens (tertiary/aromatic N) is 3. The SMILES string of the molecule is CCNC(=NCCCCCCCN(C)C)N(C)CCOCC1CC1.I. The van der Waals surface area contributed by atoms with Crippen molar-refractivity contribution in [3.63, 3.8) is 0 Å². The number of rotatable bonds is 14. The summed E-state index contributed by atoms with van der Waals surface area (Å²) in [6.07, 6.45) is 9.14. The van der Waals surface area contributed by atoms with E-state index in [1.54, 1.807) is 0 Å². The van der Waals surface area contributed by atoms with E-state index in [9.17, 15) is 0 Å². The van der Waals surface area contributed by atoms with Crippen molar-refractivity contribution in [2.45, 2.75) is 51.9 Å². The molecule has 0 atom stereocenters. The molecule has 1 aliphatic carbocycles. The highest BCUT2D eigenvalue weighted by molar-refractivity contribution is 14.0. The second-order valence-electron chi connectivity index (χ2n) is 7.25. The molecule has 0 aromatic carbocycles. The van der Waals surface area contributed by atoms with Gasteiger partial charge in [0.25, 0.3) is 0 Å². The molecule has 1 saturated carbocycles. The van der Waals surface area contributed by atoms with E-state index in [-0.39, 0.29) is 24.0 Å². The van der Waals surface area contributed by atoms with Crippen LogP contribution in [-0.2, 0) is 4.74 Å². The molecule has 1 N–H and O–H groups in total. The van der Waals surface area contributed by atoms with E-state index in [4.69, 9.17) is 9.73 Å². The van der Waals surface area contributed by atoms with Gasteiger partial charge in [0.05, 0.1) is 6.61 Å². The van der Waals surface area contributed by atoms with Crippen LogP contribution in [0.25, 0.3) is 0 Å². The van der Waals surface area contributed by atoms with Crippen LogP contribution in [0.5, 0.6) is 0 Å².